The van der Waals surface area contributed by atoms with Gasteiger partial charge in [0.2, 0.25) is 0 Å². The second-order valence-corrected chi connectivity index (χ2v) is 14.4. The van der Waals surface area contributed by atoms with Crippen LogP contribution in [0.3, 0.4) is 0 Å². The molecule has 0 fully saturated rings. The molecule has 0 bridgehead atoms. The Labute approximate surface area is 312 Å². The van der Waals surface area contributed by atoms with Crippen LogP contribution >= 0.6 is 0 Å². The van der Waals surface area contributed by atoms with Gasteiger partial charge in [0.1, 0.15) is 0 Å². The quantitative estimate of drug-likeness (QED) is 0.184. The molecule has 0 radical (unpaired) electrons. The molecule has 11 rings (SSSR count). The van der Waals surface area contributed by atoms with Crippen LogP contribution in [-0.4, -0.2) is 29.1 Å². The fourth-order valence-electron chi connectivity index (χ4n) is 8.92. The van der Waals surface area contributed by atoms with Gasteiger partial charge in [0.15, 0.2) is 11.6 Å². The van der Waals surface area contributed by atoms with E-state index in [4.69, 9.17) is 0 Å². The van der Waals surface area contributed by atoms with E-state index in [1.807, 2.05) is 36.9 Å². The van der Waals surface area contributed by atoms with Gasteiger partial charge >= 0.3 is 0 Å². The number of hydrogen-bond donors (Lipinski definition) is 0. The van der Waals surface area contributed by atoms with Crippen LogP contribution in [0, 0.1) is 0 Å². The van der Waals surface area contributed by atoms with Gasteiger partial charge in [-0.3, -0.25) is 0 Å². The minimum Gasteiger partial charge on any atom is -0.309 e. The summed E-state index contributed by atoms with van der Waals surface area (Å²) in [4.78, 5) is 18.3. The zero-order valence-corrected chi connectivity index (χ0v) is 29.8. The highest BCUT2D eigenvalue weighted by molar-refractivity contribution is 6.15. The summed E-state index contributed by atoms with van der Waals surface area (Å²) in [5, 5.41) is 4.88. The number of fused-ring (bicyclic) bond motifs is 10. The van der Waals surface area contributed by atoms with E-state index in [0.717, 1.165) is 39.7 Å². The van der Waals surface area contributed by atoms with Crippen LogP contribution in [-0.2, 0) is 0 Å². The molecule has 0 amide bonds. The Morgan fingerprint density at radius 1 is 0.426 bits per heavy atom. The van der Waals surface area contributed by atoms with E-state index < -0.39 is 0 Å². The van der Waals surface area contributed by atoms with Crippen molar-refractivity contribution in [3.8, 4) is 45.3 Å². The summed E-state index contributed by atoms with van der Waals surface area (Å²) in [6.07, 6.45) is 7.23. The molecule has 54 heavy (non-hydrogen) atoms. The number of hydrogen-bond acceptors (Lipinski definition) is 4. The van der Waals surface area contributed by atoms with Crippen molar-refractivity contribution < 1.29 is 0 Å². The first-order chi connectivity index (χ1) is 26.6. The van der Waals surface area contributed by atoms with Crippen molar-refractivity contribution in [3.63, 3.8) is 0 Å². The van der Waals surface area contributed by atoms with E-state index in [0.29, 0.717) is 0 Å². The molecule has 2 unspecified atom stereocenters. The van der Waals surface area contributed by atoms with Crippen molar-refractivity contribution in [3.05, 3.63) is 169 Å². The Hall–Kier alpha value is -6.92. The zero-order chi connectivity index (χ0) is 35.9. The average Bonchev–Trinajstić information content (AvgIpc) is 3.75. The van der Waals surface area contributed by atoms with Crippen LogP contribution < -0.4 is 0 Å². The summed E-state index contributed by atoms with van der Waals surface area (Å²) in [6, 6.07) is 48.1. The Morgan fingerprint density at radius 3 is 1.57 bits per heavy atom. The molecule has 1 aliphatic carbocycles. The number of rotatable bonds is 4. The summed E-state index contributed by atoms with van der Waals surface area (Å²) in [7, 11) is 0. The second-order valence-electron chi connectivity index (χ2n) is 14.4. The molecule has 10 aromatic rings. The van der Waals surface area contributed by atoms with Crippen molar-refractivity contribution in [2.24, 2.45) is 0 Å². The van der Waals surface area contributed by atoms with Crippen LogP contribution in [0.25, 0.3) is 88.9 Å². The number of benzene rings is 6. The Kier molecular flexibility index (Phi) is 6.71. The van der Waals surface area contributed by atoms with Gasteiger partial charge in [0, 0.05) is 68.8 Å². The summed E-state index contributed by atoms with van der Waals surface area (Å²) in [5.41, 5.74) is 14.4. The molecule has 0 saturated heterocycles. The van der Waals surface area contributed by atoms with Gasteiger partial charge in [-0.1, -0.05) is 62.4 Å². The van der Waals surface area contributed by atoms with Crippen LogP contribution in [0.5, 0.6) is 0 Å². The Balaban J connectivity index is 1.22. The first-order valence-electron chi connectivity index (χ1n) is 18.5. The minimum absolute atomic E-state index is 0.258. The lowest BCUT2D eigenvalue weighted by Crippen LogP contribution is -2.15. The Morgan fingerprint density at radius 2 is 0.963 bits per heavy atom. The first kappa shape index (κ1) is 30.7. The molecular weight excluding hydrogens is 661 g/mol. The summed E-state index contributed by atoms with van der Waals surface area (Å²) >= 11 is 0. The zero-order valence-electron chi connectivity index (χ0n) is 29.8. The van der Waals surface area contributed by atoms with Crippen LogP contribution in [0.4, 0.5) is 0 Å². The van der Waals surface area contributed by atoms with E-state index in [2.05, 4.69) is 164 Å². The maximum atomic E-state index is 4.58. The standard InChI is InChI=1S/C48H34N6/c1-29-30(2)45-35(17-18-36-39-25-31(47-49-21-9-22-50-47)16-20-43(39)54(46(36)45)34-13-7-4-8-14-34)38-28-44-41(27-37(29)38)40-26-32(48-51-23-10-24-52-48)15-19-42(40)53(44)33-11-5-3-6-12-33/h3-30H,1-2H3. The fourth-order valence-corrected chi connectivity index (χ4v) is 8.92. The molecule has 0 saturated carbocycles. The fraction of sp³-hybridized carbons (Fsp3) is 0.0833. The molecule has 256 valence electrons. The van der Waals surface area contributed by atoms with Crippen LogP contribution in [0.2, 0.25) is 0 Å². The molecular formula is C48H34N6. The lowest BCUT2D eigenvalue weighted by Gasteiger charge is -2.33. The average molecular weight is 695 g/mol. The van der Waals surface area contributed by atoms with Gasteiger partial charge in [-0.2, -0.15) is 0 Å². The number of para-hydroxylation sites is 2. The molecule has 6 nitrogen and oxygen atoms in total. The second kappa shape index (κ2) is 11.8. The normalized spacial score (nSPS) is 15.2. The third kappa shape index (κ3) is 4.46. The highest BCUT2D eigenvalue weighted by Crippen LogP contribution is 2.53. The predicted molar refractivity (Wildman–Crippen MR) is 219 cm³/mol. The lowest BCUT2D eigenvalue weighted by atomic mass is 9.72. The molecule has 2 atom stereocenters. The molecule has 0 N–H and O–H groups in total. The largest absolute Gasteiger partial charge is 0.309 e. The van der Waals surface area contributed by atoms with Crippen LogP contribution in [0.1, 0.15) is 36.8 Å². The number of aromatic nitrogens is 6. The van der Waals surface area contributed by atoms with Crippen molar-refractivity contribution in [2.75, 3.05) is 0 Å². The van der Waals surface area contributed by atoms with E-state index in [1.165, 1.54) is 60.3 Å². The maximum Gasteiger partial charge on any atom is 0.159 e. The minimum atomic E-state index is 0.258. The van der Waals surface area contributed by atoms with E-state index >= 15 is 0 Å². The third-order valence-electron chi connectivity index (χ3n) is 11.6. The maximum absolute atomic E-state index is 4.58. The lowest BCUT2D eigenvalue weighted by molar-refractivity contribution is 0.619. The van der Waals surface area contributed by atoms with E-state index in [-0.39, 0.29) is 11.8 Å². The molecule has 4 heterocycles. The van der Waals surface area contributed by atoms with Gasteiger partial charge < -0.3 is 9.13 Å². The van der Waals surface area contributed by atoms with Gasteiger partial charge in [-0.15, -0.1) is 0 Å². The number of nitrogens with zero attached hydrogens (tertiary/aromatic N) is 6. The molecule has 6 heteroatoms. The van der Waals surface area contributed by atoms with E-state index in [1.54, 1.807) is 0 Å². The molecule has 6 aromatic carbocycles. The van der Waals surface area contributed by atoms with Crippen molar-refractivity contribution in [2.45, 2.75) is 25.7 Å². The van der Waals surface area contributed by atoms with Crippen molar-refractivity contribution in [1.29, 1.82) is 0 Å². The molecule has 4 aromatic heterocycles. The Bertz CT molecular complexity index is 3010. The smallest absolute Gasteiger partial charge is 0.159 e. The summed E-state index contributed by atoms with van der Waals surface area (Å²) < 4.78 is 4.88. The topological polar surface area (TPSA) is 61.4 Å². The van der Waals surface area contributed by atoms with Crippen molar-refractivity contribution >= 4 is 43.6 Å². The van der Waals surface area contributed by atoms with Gasteiger partial charge in [-0.25, -0.2) is 19.9 Å². The molecule has 0 spiro atoms. The highest BCUT2D eigenvalue weighted by atomic mass is 15.0. The monoisotopic (exact) mass is 694 g/mol. The first-order valence-corrected chi connectivity index (χ1v) is 18.5. The highest BCUT2D eigenvalue weighted by Gasteiger charge is 2.33. The predicted octanol–water partition coefficient (Wildman–Crippen LogP) is 11.7. The van der Waals surface area contributed by atoms with Gasteiger partial charge in [0.25, 0.3) is 0 Å². The summed E-state index contributed by atoms with van der Waals surface area (Å²) in [5.74, 6) is 1.99. The summed E-state index contributed by atoms with van der Waals surface area (Å²) in [6.45, 7) is 4.81. The van der Waals surface area contributed by atoms with Crippen LogP contribution in [0.15, 0.2) is 158 Å². The van der Waals surface area contributed by atoms with E-state index in [9.17, 15) is 0 Å². The van der Waals surface area contributed by atoms with Gasteiger partial charge in [0.05, 0.1) is 22.1 Å². The molecule has 1 aliphatic rings. The third-order valence-corrected chi connectivity index (χ3v) is 11.6. The SMILES string of the molecule is CC1c2cc3c4cc(-c5ncccn5)ccc4n(-c4ccccc4)c3cc2-c2ccc3c4cc(-c5ncccn5)ccc4n(-c4ccccc4)c3c2C1C. The van der Waals surface area contributed by atoms with Gasteiger partial charge in [-0.05, 0) is 119 Å². The van der Waals surface area contributed by atoms with Crippen molar-refractivity contribution in [1.82, 2.24) is 29.1 Å². The molecule has 0 aliphatic heterocycles.